The fourth-order valence-corrected chi connectivity index (χ4v) is 4.49. The van der Waals surface area contributed by atoms with Gasteiger partial charge in [0.2, 0.25) is 5.91 Å². The maximum atomic E-state index is 11.5. The smallest absolute Gasteiger partial charge is 0.217 e. The van der Waals surface area contributed by atoms with Gasteiger partial charge in [0.25, 0.3) is 0 Å². The van der Waals surface area contributed by atoms with Crippen LogP contribution in [-0.2, 0) is 14.3 Å². The number of carbonyl (C=O) groups is 1. The molecule has 3 atom stereocenters. The summed E-state index contributed by atoms with van der Waals surface area (Å²) >= 11 is 0. The number of piperidine rings is 1. The van der Waals surface area contributed by atoms with E-state index in [0.29, 0.717) is 25.2 Å². The van der Waals surface area contributed by atoms with E-state index >= 15 is 0 Å². The van der Waals surface area contributed by atoms with Crippen molar-refractivity contribution in [2.24, 2.45) is 5.92 Å². The largest absolute Gasteiger partial charge is 0.353 e. The van der Waals surface area contributed by atoms with Gasteiger partial charge >= 0.3 is 0 Å². The fourth-order valence-electron chi connectivity index (χ4n) is 4.49. The lowest BCUT2D eigenvalue weighted by Gasteiger charge is -2.51. The minimum Gasteiger partial charge on any atom is -0.353 e. The lowest BCUT2D eigenvalue weighted by Crippen LogP contribution is -2.60. The third kappa shape index (κ3) is 3.10. The molecule has 120 valence electrons. The highest BCUT2D eigenvalue weighted by atomic mass is 16.7. The summed E-state index contributed by atoms with van der Waals surface area (Å²) < 4.78 is 11.9. The van der Waals surface area contributed by atoms with Crippen molar-refractivity contribution in [1.82, 2.24) is 10.2 Å². The van der Waals surface area contributed by atoms with Gasteiger partial charge in [0.05, 0.1) is 13.2 Å². The van der Waals surface area contributed by atoms with Crippen LogP contribution in [0.2, 0.25) is 0 Å². The third-order valence-electron chi connectivity index (χ3n) is 5.29. The molecule has 2 aliphatic heterocycles. The maximum Gasteiger partial charge on any atom is 0.217 e. The molecule has 0 aromatic heterocycles. The predicted octanol–water partition coefficient (Wildman–Crippen LogP) is 1.52. The molecule has 1 saturated carbocycles. The van der Waals surface area contributed by atoms with Crippen molar-refractivity contribution in [3.63, 3.8) is 0 Å². The van der Waals surface area contributed by atoms with Crippen LogP contribution in [-0.4, -0.2) is 55.0 Å². The zero-order valence-corrected chi connectivity index (χ0v) is 13.3. The van der Waals surface area contributed by atoms with Crippen molar-refractivity contribution in [1.29, 1.82) is 0 Å². The van der Waals surface area contributed by atoms with E-state index in [1.807, 2.05) is 0 Å². The average Bonchev–Trinajstić information content (AvgIpc) is 2.89. The molecule has 3 rings (SSSR count). The van der Waals surface area contributed by atoms with Gasteiger partial charge in [-0.05, 0) is 31.7 Å². The van der Waals surface area contributed by atoms with Gasteiger partial charge in [0, 0.05) is 38.4 Å². The number of ether oxygens (including phenoxy) is 2. The van der Waals surface area contributed by atoms with Gasteiger partial charge in [0.1, 0.15) is 0 Å². The van der Waals surface area contributed by atoms with Crippen LogP contribution in [0.3, 0.4) is 0 Å². The summed E-state index contributed by atoms with van der Waals surface area (Å²) in [5, 5.41) is 3.17. The van der Waals surface area contributed by atoms with E-state index in [4.69, 9.17) is 9.47 Å². The number of nitrogens with one attached hydrogen (secondary N) is 1. The van der Waals surface area contributed by atoms with Gasteiger partial charge < -0.3 is 14.8 Å². The number of amides is 1. The number of hydrogen-bond donors (Lipinski definition) is 1. The maximum absolute atomic E-state index is 11.5. The van der Waals surface area contributed by atoms with Crippen molar-refractivity contribution in [2.75, 3.05) is 26.3 Å². The van der Waals surface area contributed by atoms with Crippen molar-refractivity contribution < 1.29 is 14.3 Å². The monoisotopic (exact) mass is 296 g/mol. The van der Waals surface area contributed by atoms with Crippen LogP contribution in [0.5, 0.6) is 0 Å². The second-order valence-corrected chi connectivity index (χ2v) is 6.71. The Balaban J connectivity index is 1.75. The highest BCUT2D eigenvalue weighted by Gasteiger charge is 2.50. The molecule has 21 heavy (non-hydrogen) atoms. The summed E-state index contributed by atoms with van der Waals surface area (Å²) in [4.78, 5) is 14.1. The summed E-state index contributed by atoms with van der Waals surface area (Å²) in [6.45, 7) is 7.52. The molecule has 1 aliphatic carbocycles. The lowest BCUT2D eigenvalue weighted by molar-refractivity contribution is -0.204. The van der Waals surface area contributed by atoms with Crippen LogP contribution in [0, 0.1) is 5.92 Å². The molecule has 0 aromatic rings. The molecule has 3 aliphatic rings. The molecule has 5 heteroatoms. The fraction of sp³-hybridized carbons (Fsp3) is 0.938. The summed E-state index contributed by atoms with van der Waals surface area (Å²) in [5.41, 5.74) is 0. The van der Waals surface area contributed by atoms with Gasteiger partial charge in [-0.3, -0.25) is 9.69 Å². The van der Waals surface area contributed by atoms with Crippen LogP contribution >= 0.6 is 0 Å². The lowest BCUT2D eigenvalue weighted by atomic mass is 9.72. The van der Waals surface area contributed by atoms with Crippen molar-refractivity contribution >= 4 is 5.91 Å². The molecule has 3 fully saturated rings. The third-order valence-corrected chi connectivity index (χ3v) is 5.29. The molecule has 0 unspecified atom stereocenters. The average molecular weight is 296 g/mol. The molecular weight excluding hydrogens is 268 g/mol. The van der Waals surface area contributed by atoms with E-state index in [9.17, 15) is 4.79 Å². The zero-order chi connectivity index (χ0) is 14.9. The van der Waals surface area contributed by atoms with Crippen molar-refractivity contribution in [2.45, 2.75) is 63.8 Å². The summed E-state index contributed by atoms with van der Waals surface area (Å²) in [6.07, 6.45) is 5.24. The molecule has 0 radical (unpaired) electrons. The summed E-state index contributed by atoms with van der Waals surface area (Å²) in [7, 11) is 0. The first-order chi connectivity index (χ1) is 10.1. The Morgan fingerprint density at radius 1 is 1.33 bits per heavy atom. The Kier molecular flexibility index (Phi) is 4.52. The number of nitrogens with zero attached hydrogens (tertiary/aromatic N) is 1. The van der Waals surface area contributed by atoms with E-state index in [1.54, 1.807) is 6.92 Å². The van der Waals surface area contributed by atoms with E-state index in [1.165, 1.54) is 6.42 Å². The number of likely N-dealkylation sites (tertiary alicyclic amines) is 1. The molecular formula is C16H28N2O3. The molecule has 2 heterocycles. The Bertz CT molecular complexity index is 382. The van der Waals surface area contributed by atoms with Crippen LogP contribution < -0.4 is 5.32 Å². The predicted molar refractivity (Wildman–Crippen MR) is 79.8 cm³/mol. The minimum absolute atomic E-state index is 0.0792. The normalized spacial score (nSPS) is 35.6. The first kappa shape index (κ1) is 15.3. The SMILES string of the molecule is CCCN1CC[C@H](NC(C)=O)[C@H]2CC3(CC[C@@H]21)OCCO3. The van der Waals surface area contributed by atoms with E-state index in [0.717, 1.165) is 38.8 Å². The van der Waals surface area contributed by atoms with Gasteiger partial charge in [-0.25, -0.2) is 0 Å². The number of hydrogen-bond acceptors (Lipinski definition) is 4. The van der Waals surface area contributed by atoms with Gasteiger partial charge in [-0.15, -0.1) is 0 Å². The van der Waals surface area contributed by atoms with Crippen molar-refractivity contribution in [3.05, 3.63) is 0 Å². The second-order valence-electron chi connectivity index (χ2n) is 6.71. The van der Waals surface area contributed by atoms with Crippen LogP contribution in [0.15, 0.2) is 0 Å². The zero-order valence-electron chi connectivity index (χ0n) is 13.3. The Hall–Kier alpha value is -0.650. The van der Waals surface area contributed by atoms with Gasteiger partial charge in [-0.1, -0.05) is 6.92 Å². The van der Waals surface area contributed by atoms with E-state index in [-0.39, 0.29) is 17.7 Å². The second kappa shape index (κ2) is 6.23. The molecule has 0 aromatic carbocycles. The number of rotatable bonds is 3. The quantitative estimate of drug-likeness (QED) is 0.858. The molecule has 2 saturated heterocycles. The molecule has 1 spiro atoms. The topological polar surface area (TPSA) is 50.8 Å². The molecule has 0 bridgehead atoms. The standard InChI is InChI=1S/C16H28N2O3/c1-3-7-18-8-5-14(17-12(2)19)13-11-16(6-4-15(13)18)20-9-10-21-16/h13-15H,3-11H2,1-2H3,(H,17,19)/t13-,14+,15+/m1/s1. The molecule has 1 N–H and O–H groups in total. The first-order valence-corrected chi connectivity index (χ1v) is 8.42. The first-order valence-electron chi connectivity index (χ1n) is 8.42. The summed E-state index contributed by atoms with van der Waals surface area (Å²) in [5.74, 6) is 0.157. The van der Waals surface area contributed by atoms with Crippen LogP contribution in [0.4, 0.5) is 0 Å². The van der Waals surface area contributed by atoms with Gasteiger partial charge in [-0.2, -0.15) is 0 Å². The van der Waals surface area contributed by atoms with Crippen molar-refractivity contribution in [3.8, 4) is 0 Å². The number of carbonyl (C=O) groups excluding carboxylic acids is 1. The Labute approximate surface area is 127 Å². The Morgan fingerprint density at radius 3 is 2.76 bits per heavy atom. The minimum atomic E-state index is -0.368. The van der Waals surface area contributed by atoms with Crippen LogP contribution in [0.1, 0.15) is 46.0 Å². The highest BCUT2D eigenvalue weighted by Crippen LogP contribution is 2.44. The van der Waals surface area contributed by atoms with Gasteiger partial charge in [0.15, 0.2) is 5.79 Å². The molecule has 5 nitrogen and oxygen atoms in total. The van der Waals surface area contributed by atoms with E-state index < -0.39 is 0 Å². The highest BCUT2D eigenvalue weighted by molar-refractivity contribution is 5.73. The summed E-state index contributed by atoms with van der Waals surface area (Å²) in [6, 6.07) is 0.833. The Morgan fingerprint density at radius 2 is 2.10 bits per heavy atom. The van der Waals surface area contributed by atoms with E-state index in [2.05, 4.69) is 17.1 Å². The molecule has 1 amide bonds. The number of fused-ring (bicyclic) bond motifs is 1. The van der Waals surface area contributed by atoms with Crippen LogP contribution in [0.25, 0.3) is 0 Å².